The number of para-hydroxylation sites is 1. The van der Waals surface area contributed by atoms with Gasteiger partial charge in [-0.2, -0.15) is 5.26 Å². The second kappa shape index (κ2) is 4.77. The first kappa shape index (κ1) is 11.9. The monoisotopic (exact) mass is 229 g/mol. The van der Waals surface area contributed by atoms with Gasteiger partial charge in [0.25, 0.3) is 0 Å². The molecule has 0 aromatic heterocycles. The maximum absolute atomic E-state index is 8.86. The van der Waals surface area contributed by atoms with Crippen molar-refractivity contribution in [3.63, 3.8) is 0 Å². The van der Waals surface area contributed by atoms with Gasteiger partial charge in [-0.15, -0.1) is 0 Å². The van der Waals surface area contributed by atoms with Gasteiger partial charge in [0.15, 0.2) is 0 Å². The maximum Gasteiger partial charge on any atom is 0.101 e. The molecular weight excluding hydrogens is 210 g/mol. The smallest absolute Gasteiger partial charge is 0.101 e. The first-order chi connectivity index (χ1) is 8.12. The highest BCUT2D eigenvalue weighted by molar-refractivity contribution is 5.57. The summed E-state index contributed by atoms with van der Waals surface area (Å²) < 4.78 is 0. The highest BCUT2D eigenvalue weighted by Crippen LogP contribution is 2.27. The normalized spacial score (nSPS) is 17.4. The molecule has 0 saturated carbocycles. The Labute approximate surface area is 103 Å². The largest absolute Gasteiger partial charge is 0.371 e. The van der Waals surface area contributed by atoms with Crippen LogP contribution in [0.4, 0.5) is 5.69 Å². The fraction of sp³-hybridized carbons (Fsp3) is 0.500. The Morgan fingerprint density at radius 1 is 1.47 bits per heavy atom. The van der Waals surface area contributed by atoms with E-state index in [1.807, 2.05) is 0 Å². The molecule has 90 valence electrons. The highest BCUT2D eigenvalue weighted by Gasteiger charge is 2.20. The van der Waals surface area contributed by atoms with Gasteiger partial charge in [-0.05, 0) is 37.8 Å². The van der Waals surface area contributed by atoms with Gasteiger partial charge in [-0.3, -0.25) is 0 Å². The zero-order valence-corrected chi connectivity index (χ0v) is 10.3. The Balaban J connectivity index is 1.89. The van der Waals surface area contributed by atoms with Gasteiger partial charge in [0.2, 0.25) is 0 Å². The second-order valence-corrected chi connectivity index (χ2v) is 5.00. The molecule has 0 saturated heterocycles. The summed E-state index contributed by atoms with van der Waals surface area (Å²) in [5.74, 6) is 0. The third-order valence-electron chi connectivity index (χ3n) is 3.36. The molecule has 1 heterocycles. The van der Waals surface area contributed by atoms with Crippen molar-refractivity contribution in [3.05, 3.63) is 29.8 Å². The standard InChI is InChI=1S/C14H19N3/c1-14(16,11-15)8-4-9-17-10-7-12-5-2-3-6-13(12)17/h2-3,5-6H,4,7-10,16H2,1H3. The van der Waals surface area contributed by atoms with Crippen LogP contribution in [0.1, 0.15) is 25.3 Å². The van der Waals surface area contributed by atoms with E-state index in [-0.39, 0.29) is 0 Å². The molecule has 0 spiro atoms. The number of hydrogen-bond acceptors (Lipinski definition) is 3. The maximum atomic E-state index is 8.86. The Bertz CT molecular complexity index is 431. The first-order valence-corrected chi connectivity index (χ1v) is 6.15. The minimum absolute atomic E-state index is 0.681. The number of fused-ring (bicyclic) bond motifs is 1. The van der Waals surface area contributed by atoms with E-state index >= 15 is 0 Å². The predicted molar refractivity (Wildman–Crippen MR) is 69.8 cm³/mol. The Kier molecular flexibility index (Phi) is 3.35. The molecule has 1 aliphatic rings. The van der Waals surface area contributed by atoms with Crippen LogP contribution >= 0.6 is 0 Å². The van der Waals surface area contributed by atoms with Gasteiger partial charge in [0.05, 0.1) is 6.07 Å². The van der Waals surface area contributed by atoms with E-state index in [4.69, 9.17) is 11.0 Å². The molecule has 1 aliphatic heterocycles. The predicted octanol–water partition coefficient (Wildman–Crippen LogP) is 2.07. The summed E-state index contributed by atoms with van der Waals surface area (Å²) in [5, 5.41) is 8.86. The van der Waals surface area contributed by atoms with Crippen LogP contribution in [0.3, 0.4) is 0 Å². The lowest BCUT2D eigenvalue weighted by molar-refractivity contribution is 0.520. The van der Waals surface area contributed by atoms with Crippen molar-refractivity contribution in [2.24, 2.45) is 5.73 Å². The van der Waals surface area contributed by atoms with Crippen molar-refractivity contribution in [1.82, 2.24) is 0 Å². The van der Waals surface area contributed by atoms with Crippen LogP contribution in [0.2, 0.25) is 0 Å². The summed E-state index contributed by atoms with van der Waals surface area (Å²) in [7, 11) is 0. The minimum atomic E-state index is -0.681. The van der Waals surface area contributed by atoms with Crippen LogP contribution in [0.5, 0.6) is 0 Å². The highest BCUT2D eigenvalue weighted by atomic mass is 15.1. The van der Waals surface area contributed by atoms with E-state index in [1.165, 1.54) is 11.3 Å². The Morgan fingerprint density at radius 2 is 2.24 bits per heavy atom. The Hall–Kier alpha value is -1.53. The van der Waals surface area contributed by atoms with Crippen molar-refractivity contribution >= 4 is 5.69 Å². The quantitative estimate of drug-likeness (QED) is 0.860. The lowest BCUT2D eigenvalue weighted by Crippen LogP contribution is -2.35. The molecule has 1 aromatic carbocycles. The molecule has 0 fully saturated rings. The molecule has 3 nitrogen and oxygen atoms in total. The number of nitriles is 1. The van der Waals surface area contributed by atoms with Gasteiger partial charge >= 0.3 is 0 Å². The van der Waals surface area contributed by atoms with Crippen molar-refractivity contribution in [2.75, 3.05) is 18.0 Å². The average Bonchev–Trinajstić information content (AvgIpc) is 2.73. The molecule has 1 atom stereocenters. The van der Waals surface area contributed by atoms with Crippen molar-refractivity contribution < 1.29 is 0 Å². The van der Waals surface area contributed by atoms with Crippen molar-refractivity contribution in [3.8, 4) is 6.07 Å². The zero-order chi connectivity index (χ0) is 12.3. The van der Waals surface area contributed by atoms with Gasteiger partial charge in [-0.25, -0.2) is 0 Å². The van der Waals surface area contributed by atoms with Gasteiger partial charge in [0, 0.05) is 18.8 Å². The van der Waals surface area contributed by atoms with Crippen molar-refractivity contribution in [1.29, 1.82) is 5.26 Å². The van der Waals surface area contributed by atoms with Crippen molar-refractivity contribution in [2.45, 2.75) is 31.7 Å². The summed E-state index contributed by atoms with van der Waals surface area (Å²) in [5.41, 5.74) is 7.92. The summed E-state index contributed by atoms with van der Waals surface area (Å²) in [6, 6.07) is 10.7. The second-order valence-electron chi connectivity index (χ2n) is 5.00. The summed E-state index contributed by atoms with van der Waals surface area (Å²) >= 11 is 0. The van der Waals surface area contributed by atoms with E-state index < -0.39 is 5.54 Å². The molecule has 1 aromatic rings. The molecule has 1 unspecified atom stereocenters. The molecule has 2 N–H and O–H groups in total. The number of anilines is 1. The number of hydrogen-bond donors (Lipinski definition) is 1. The number of nitrogens with two attached hydrogens (primary N) is 1. The van der Waals surface area contributed by atoms with E-state index in [9.17, 15) is 0 Å². The van der Waals surface area contributed by atoms with Gasteiger partial charge in [-0.1, -0.05) is 18.2 Å². The number of benzene rings is 1. The summed E-state index contributed by atoms with van der Waals surface area (Å²) in [6.45, 7) is 3.88. The SMILES string of the molecule is CC(N)(C#N)CCCN1CCc2ccccc21. The summed E-state index contributed by atoms with van der Waals surface area (Å²) in [4.78, 5) is 2.39. The van der Waals surface area contributed by atoms with Crippen LogP contribution in [0.25, 0.3) is 0 Å². The number of nitrogens with zero attached hydrogens (tertiary/aromatic N) is 2. The van der Waals surface area contributed by atoms with Crippen LogP contribution in [0.15, 0.2) is 24.3 Å². The van der Waals surface area contributed by atoms with Crippen LogP contribution in [0, 0.1) is 11.3 Å². The number of rotatable bonds is 4. The van der Waals surface area contributed by atoms with E-state index in [0.717, 1.165) is 32.4 Å². The lowest BCUT2D eigenvalue weighted by atomic mass is 9.99. The molecule has 17 heavy (non-hydrogen) atoms. The van der Waals surface area contributed by atoms with Crippen LogP contribution in [-0.4, -0.2) is 18.6 Å². The molecule has 0 bridgehead atoms. The van der Waals surface area contributed by atoms with E-state index in [0.29, 0.717) is 0 Å². The topological polar surface area (TPSA) is 53.1 Å². The molecule has 0 aliphatic carbocycles. The van der Waals surface area contributed by atoms with Crippen LogP contribution in [-0.2, 0) is 6.42 Å². The molecule has 0 radical (unpaired) electrons. The van der Waals surface area contributed by atoms with E-state index in [1.54, 1.807) is 6.92 Å². The van der Waals surface area contributed by atoms with Crippen LogP contribution < -0.4 is 10.6 Å². The first-order valence-electron chi connectivity index (χ1n) is 6.15. The fourth-order valence-corrected chi connectivity index (χ4v) is 2.33. The zero-order valence-electron chi connectivity index (χ0n) is 10.3. The third kappa shape index (κ3) is 2.78. The van der Waals surface area contributed by atoms with Gasteiger partial charge in [0.1, 0.15) is 5.54 Å². The minimum Gasteiger partial charge on any atom is -0.371 e. The molecule has 3 heteroatoms. The average molecular weight is 229 g/mol. The molecule has 2 rings (SSSR count). The summed E-state index contributed by atoms with van der Waals surface area (Å²) in [6.07, 6.45) is 2.85. The third-order valence-corrected chi connectivity index (χ3v) is 3.36. The van der Waals surface area contributed by atoms with E-state index in [2.05, 4.69) is 35.2 Å². The molecule has 0 amide bonds. The fourth-order valence-electron chi connectivity index (χ4n) is 2.33. The lowest BCUT2D eigenvalue weighted by Gasteiger charge is -2.21. The molecular formula is C14H19N3. The Morgan fingerprint density at radius 3 is 3.00 bits per heavy atom. The van der Waals surface area contributed by atoms with Gasteiger partial charge < -0.3 is 10.6 Å².